The molecule has 1 saturated heterocycles. The van der Waals surface area contributed by atoms with Crippen LogP contribution >= 0.6 is 0 Å². The molecular weight excluding hydrogens is 356 g/mol. The first-order chi connectivity index (χ1) is 13.6. The van der Waals surface area contributed by atoms with Gasteiger partial charge < -0.3 is 20.3 Å². The molecule has 2 amide bonds. The zero-order chi connectivity index (χ0) is 19.9. The molecule has 2 N–H and O–H groups in total. The van der Waals surface area contributed by atoms with Gasteiger partial charge in [-0.25, -0.2) is 0 Å². The van der Waals surface area contributed by atoms with Gasteiger partial charge >= 0.3 is 0 Å². The molecule has 1 aliphatic rings. The van der Waals surface area contributed by atoms with Crippen LogP contribution in [0.25, 0.3) is 0 Å². The summed E-state index contributed by atoms with van der Waals surface area (Å²) in [5.41, 5.74) is 2.23. The fraction of sp³-hybridized carbons (Fsp3) is 0.333. The van der Waals surface area contributed by atoms with E-state index in [1.807, 2.05) is 18.2 Å². The number of nitrogens with zero attached hydrogens (tertiary/aromatic N) is 2. The quantitative estimate of drug-likeness (QED) is 0.797. The van der Waals surface area contributed by atoms with E-state index >= 15 is 0 Å². The lowest BCUT2D eigenvalue weighted by Gasteiger charge is -2.36. The Labute approximate surface area is 165 Å². The van der Waals surface area contributed by atoms with E-state index in [0.717, 1.165) is 37.6 Å². The summed E-state index contributed by atoms with van der Waals surface area (Å²) in [7, 11) is 3.26. The highest BCUT2D eigenvalue weighted by Gasteiger charge is 2.21. The molecule has 3 rings (SSSR count). The highest BCUT2D eigenvalue weighted by atomic mass is 16.5. The molecule has 2 aromatic carbocycles. The van der Waals surface area contributed by atoms with Crippen LogP contribution in [0.4, 0.5) is 11.4 Å². The van der Waals surface area contributed by atoms with E-state index in [4.69, 9.17) is 4.74 Å². The average molecular weight is 382 g/mol. The lowest BCUT2D eigenvalue weighted by atomic mass is 10.2. The first-order valence-electron chi connectivity index (χ1n) is 9.33. The van der Waals surface area contributed by atoms with Crippen molar-refractivity contribution in [2.24, 2.45) is 0 Å². The molecule has 1 fully saturated rings. The SMILES string of the molecule is CNC(=O)c1cccc(NC(=O)CN2CCN(c3ccccc3OC)CC2)c1. The molecule has 0 unspecified atom stereocenters. The Balaban J connectivity index is 1.52. The molecule has 148 valence electrons. The number of hydrogen-bond acceptors (Lipinski definition) is 5. The highest BCUT2D eigenvalue weighted by molar-refractivity contribution is 5.97. The van der Waals surface area contributed by atoms with Crippen molar-refractivity contribution in [2.75, 3.05) is 57.1 Å². The second-order valence-electron chi connectivity index (χ2n) is 6.64. The largest absolute Gasteiger partial charge is 0.495 e. The first kappa shape index (κ1) is 19.7. The number of amides is 2. The second-order valence-corrected chi connectivity index (χ2v) is 6.64. The van der Waals surface area contributed by atoms with Gasteiger partial charge in [-0.1, -0.05) is 18.2 Å². The third-order valence-corrected chi connectivity index (χ3v) is 4.80. The van der Waals surface area contributed by atoms with Crippen molar-refractivity contribution in [3.8, 4) is 5.75 Å². The molecule has 0 saturated carbocycles. The molecule has 0 aliphatic carbocycles. The molecule has 7 nitrogen and oxygen atoms in total. The number of rotatable bonds is 6. The normalized spacial score (nSPS) is 14.4. The van der Waals surface area contributed by atoms with Crippen LogP contribution in [0.5, 0.6) is 5.75 Å². The van der Waals surface area contributed by atoms with Gasteiger partial charge in [0.1, 0.15) is 5.75 Å². The average Bonchev–Trinajstić information content (AvgIpc) is 2.73. The zero-order valence-corrected chi connectivity index (χ0v) is 16.3. The van der Waals surface area contributed by atoms with Crippen LogP contribution in [0.2, 0.25) is 0 Å². The Morgan fingerprint density at radius 1 is 1.04 bits per heavy atom. The number of nitrogens with one attached hydrogen (secondary N) is 2. The van der Waals surface area contributed by atoms with E-state index in [0.29, 0.717) is 17.8 Å². The summed E-state index contributed by atoms with van der Waals surface area (Å²) in [5.74, 6) is 0.605. The van der Waals surface area contributed by atoms with Crippen molar-refractivity contribution in [3.63, 3.8) is 0 Å². The molecule has 0 atom stereocenters. The maximum Gasteiger partial charge on any atom is 0.251 e. The number of carbonyl (C=O) groups is 2. The number of anilines is 2. The van der Waals surface area contributed by atoms with Gasteiger partial charge in [-0.2, -0.15) is 0 Å². The van der Waals surface area contributed by atoms with Gasteiger partial charge in [-0.3, -0.25) is 14.5 Å². The fourth-order valence-electron chi connectivity index (χ4n) is 3.32. The maximum absolute atomic E-state index is 12.4. The fourth-order valence-corrected chi connectivity index (χ4v) is 3.32. The molecule has 1 heterocycles. The number of piperazine rings is 1. The number of carbonyl (C=O) groups excluding carboxylic acids is 2. The molecule has 0 aromatic heterocycles. The number of ether oxygens (including phenoxy) is 1. The Morgan fingerprint density at radius 2 is 1.79 bits per heavy atom. The first-order valence-corrected chi connectivity index (χ1v) is 9.33. The van der Waals surface area contributed by atoms with Crippen molar-refractivity contribution in [3.05, 3.63) is 54.1 Å². The van der Waals surface area contributed by atoms with Gasteiger partial charge in [0.05, 0.1) is 19.3 Å². The van der Waals surface area contributed by atoms with Crippen LogP contribution in [0.1, 0.15) is 10.4 Å². The van der Waals surface area contributed by atoms with Crippen molar-refractivity contribution in [2.45, 2.75) is 0 Å². The van der Waals surface area contributed by atoms with Crippen LogP contribution in [0.3, 0.4) is 0 Å². The minimum Gasteiger partial charge on any atom is -0.495 e. The monoisotopic (exact) mass is 382 g/mol. The molecular formula is C21H26N4O3. The zero-order valence-electron chi connectivity index (χ0n) is 16.3. The maximum atomic E-state index is 12.4. The van der Waals surface area contributed by atoms with E-state index in [2.05, 4.69) is 26.5 Å². The van der Waals surface area contributed by atoms with Gasteiger partial charge in [0.15, 0.2) is 0 Å². The third-order valence-electron chi connectivity index (χ3n) is 4.80. The van der Waals surface area contributed by atoms with Crippen molar-refractivity contribution in [1.29, 1.82) is 0 Å². The smallest absolute Gasteiger partial charge is 0.251 e. The van der Waals surface area contributed by atoms with Gasteiger partial charge in [-0.15, -0.1) is 0 Å². The topological polar surface area (TPSA) is 73.9 Å². The van der Waals surface area contributed by atoms with Crippen LogP contribution < -0.4 is 20.3 Å². The van der Waals surface area contributed by atoms with Gasteiger partial charge in [0.2, 0.25) is 5.91 Å². The number of benzene rings is 2. The third kappa shape index (κ3) is 4.80. The van der Waals surface area contributed by atoms with Crippen LogP contribution in [0, 0.1) is 0 Å². The molecule has 0 bridgehead atoms. The van der Waals surface area contributed by atoms with E-state index in [1.165, 1.54) is 0 Å². The lowest BCUT2D eigenvalue weighted by molar-refractivity contribution is -0.117. The Kier molecular flexibility index (Phi) is 6.49. The van der Waals surface area contributed by atoms with E-state index in [1.54, 1.807) is 38.4 Å². The number of hydrogen-bond donors (Lipinski definition) is 2. The highest BCUT2D eigenvalue weighted by Crippen LogP contribution is 2.28. The van der Waals surface area contributed by atoms with E-state index in [9.17, 15) is 9.59 Å². The van der Waals surface area contributed by atoms with E-state index < -0.39 is 0 Å². The van der Waals surface area contributed by atoms with Crippen molar-refractivity contribution < 1.29 is 14.3 Å². The molecule has 1 aliphatic heterocycles. The summed E-state index contributed by atoms with van der Waals surface area (Å²) in [4.78, 5) is 28.5. The summed E-state index contributed by atoms with van der Waals surface area (Å²) in [6.07, 6.45) is 0. The molecule has 0 radical (unpaired) electrons. The molecule has 0 spiro atoms. The molecule has 2 aromatic rings. The summed E-state index contributed by atoms with van der Waals surface area (Å²) in [5, 5.41) is 5.46. The molecule has 28 heavy (non-hydrogen) atoms. The lowest BCUT2D eigenvalue weighted by Crippen LogP contribution is -2.48. The van der Waals surface area contributed by atoms with Crippen molar-refractivity contribution in [1.82, 2.24) is 10.2 Å². The predicted molar refractivity (Wildman–Crippen MR) is 110 cm³/mol. The predicted octanol–water partition coefficient (Wildman–Crippen LogP) is 1.82. The van der Waals surface area contributed by atoms with Gasteiger partial charge in [0.25, 0.3) is 5.91 Å². The van der Waals surface area contributed by atoms with Gasteiger partial charge in [-0.05, 0) is 30.3 Å². The number of methoxy groups -OCH3 is 1. The van der Waals surface area contributed by atoms with Crippen LogP contribution in [0.15, 0.2) is 48.5 Å². The summed E-state index contributed by atoms with van der Waals surface area (Å²) < 4.78 is 5.44. The Hall–Kier alpha value is -3.06. The van der Waals surface area contributed by atoms with Gasteiger partial charge in [0, 0.05) is 44.5 Å². The summed E-state index contributed by atoms with van der Waals surface area (Å²) in [6.45, 7) is 3.58. The number of para-hydroxylation sites is 2. The van der Waals surface area contributed by atoms with Crippen LogP contribution in [-0.2, 0) is 4.79 Å². The Bertz CT molecular complexity index is 832. The minimum absolute atomic E-state index is 0.0835. The minimum atomic E-state index is -0.177. The van der Waals surface area contributed by atoms with E-state index in [-0.39, 0.29) is 11.8 Å². The summed E-state index contributed by atoms with van der Waals surface area (Å²) >= 11 is 0. The second kappa shape index (κ2) is 9.23. The molecule has 7 heteroatoms. The Morgan fingerprint density at radius 3 is 2.50 bits per heavy atom. The van der Waals surface area contributed by atoms with Crippen LogP contribution in [-0.4, -0.2) is 63.6 Å². The standard InChI is InChI=1S/C21H26N4O3/c1-22-21(27)16-6-5-7-17(14-16)23-20(26)15-24-10-12-25(13-11-24)18-8-3-4-9-19(18)28-2/h3-9,14H,10-13,15H2,1-2H3,(H,22,27)(H,23,26). The van der Waals surface area contributed by atoms with Crippen molar-refractivity contribution >= 4 is 23.2 Å². The summed E-state index contributed by atoms with van der Waals surface area (Å²) in [6, 6.07) is 14.9.